The predicted octanol–water partition coefficient (Wildman–Crippen LogP) is 3.52. The Labute approximate surface area is 247 Å². The van der Waals surface area contributed by atoms with Crippen LogP contribution in [0.1, 0.15) is 36.8 Å². The van der Waals surface area contributed by atoms with Crippen molar-refractivity contribution in [1.29, 1.82) is 0 Å². The molecule has 1 saturated heterocycles. The fraction of sp³-hybridized carbons (Fsp3) is 0.484. The van der Waals surface area contributed by atoms with Gasteiger partial charge in [-0.3, -0.25) is 19.5 Å². The first-order chi connectivity index (χ1) is 20.3. The van der Waals surface area contributed by atoms with Gasteiger partial charge in [0.2, 0.25) is 5.91 Å². The molecule has 0 radical (unpaired) electrons. The van der Waals surface area contributed by atoms with E-state index in [2.05, 4.69) is 21.4 Å². The van der Waals surface area contributed by atoms with E-state index in [9.17, 15) is 14.0 Å². The zero-order chi connectivity index (χ0) is 30.1. The molecule has 1 amide bonds. The minimum absolute atomic E-state index is 0.150. The number of likely N-dealkylation sites (N-methyl/N-ethyl adjacent to an activating group) is 2. The van der Waals surface area contributed by atoms with Gasteiger partial charge in [0.05, 0.1) is 33.1 Å². The third-order valence-electron chi connectivity index (χ3n) is 7.67. The lowest BCUT2D eigenvalue weighted by Crippen LogP contribution is -2.46. The highest BCUT2D eigenvalue weighted by molar-refractivity contribution is 5.81. The molecule has 1 unspecified atom stereocenters. The number of anilines is 1. The van der Waals surface area contributed by atoms with Crippen LogP contribution in [-0.2, 0) is 27.6 Å². The molecule has 10 nitrogen and oxygen atoms in total. The van der Waals surface area contributed by atoms with Gasteiger partial charge in [-0.2, -0.15) is 5.06 Å². The number of likely N-dealkylation sites (tertiary alicyclic amines) is 1. The van der Waals surface area contributed by atoms with Gasteiger partial charge in [-0.05, 0) is 67.3 Å². The topological polar surface area (TPSA) is 86.8 Å². The van der Waals surface area contributed by atoms with Crippen molar-refractivity contribution in [2.45, 2.75) is 44.9 Å². The van der Waals surface area contributed by atoms with E-state index in [1.54, 1.807) is 26.3 Å². The van der Waals surface area contributed by atoms with Crippen molar-refractivity contribution in [3.63, 3.8) is 0 Å². The van der Waals surface area contributed by atoms with E-state index in [-0.39, 0.29) is 11.7 Å². The Balaban J connectivity index is 0.000000193. The summed E-state index contributed by atoms with van der Waals surface area (Å²) in [5, 5.41) is 8.35. The van der Waals surface area contributed by atoms with Crippen LogP contribution in [-0.4, -0.2) is 87.7 Å². The van der Waals surface area contributed by atoms with Crippen molar-refractivity contribution >= 4 is 17.9 Å². The first kappa shape index (κ1) is 31.4. The summed E-state index contributed by atoms with van der Waals surface area (Å²) >= 11 is 0. The normalized spacial score (nSPS) is 18.0. The lowest BCUT2D eigenvalue weighted by atomic mass is 10.0. The molecule has 3 aliphatic heterocycles. The highest BCUT2D eigenvalue weighted by atomic mass is 19.1. The maximum Gasteiger partial charge on any atom is 0.239 e. The Kier molecular flexibility index (Phi) is 11.3. The van der Waals surface area contributed by atoms with Crippen molar-refractivity contribution in [2.75, 3.05) is 59.5 Å². The van der Waals surface area contributed by atoms with E-state index in [1.807, 2.05) is 36.3 Å². The van der Waals surface area contributed by atoms with E-state index in [1.165, 1.54) is 43.6 Å². The number of hydrogen-bond donors (Lipinski definition) is 1. The fourth-order valence-corrected chi connectivity index (χ4v) is 5.45. The van der Waals surface area contributed by atoms with Gasteiger partial charge in [-0.1, -0.05) is 6.07 Å². The van der Waals surface area contributed by atoms with Gasteiger partial charge in [-0.25, -0.2) is 9.40 Å². The molecule has 0 spiro atoms. The van der Waals surface area contributed by atoms with Crippen LogP contribution in [0, 0.1) is 5.82 Å². The Morgan fingerprint density at radius 3 is 2.52 bits per heavy atom. The molecule has 2 aromatic rings. The number of hydroxylamine groups is 2. The van der Waals surface area contributed by atoms with Crippen LogP contribution in [0.2, 0.25) is 0 Å². The highest BCUT2D eigenvalue weighted by Crippen LogP contribution is 2.29. The van der Waals surface area contributed by atoms with Gasteiger partial charge in [0.1, 0.15) is 29.6 Å². The van der Waals surface area contributed by atoms with Crippen LogP contribution < -0.4 is 19.8 Å². The number of fused-ring (bicyclic) bond motifs is 1. The van der Waals surface area contributed by atoms with Crippen molar-refractivity contribution in [3.8, 4) is 11.5 Å². The predicted molar refractivity (Wildman–Crippen MR) is 158 cm³/mol. The van der Waals surface area contributed by atoms with Crippen LogP contribution in [0.4, 0.5) is 10.1 Å². The van der Waals surface area contributed by atoms with Crippen molar-refractivity contribution in [3.05, 3.63) is 65.1 Å². The number of carbonyl (C=O) groups is 2. The molecule has 228 valence electrons. The maximum absolute atomic E-state index is 13.7. The third kappa shape index (κ3) is 8.07. The quantitative estimate of drug-likeness (QED) is 0.423. The standard InChI is InChI=1S/C16H22FN3O.C15H20N2O4/c1-18-10-13(11-19-5-3-4-6-19)12-20(18)15-7-14(17)8-16(9-15)21-2;1-16-15(19)14(4-3-7-18)17-9-12-8-13(20-2)6-5-11(12)10-21-17/h7-9,12H,3-6,10-11H2,1-2H3;5-8,14H,3-4,9-10H2,1-2H3,(H,16,19). The van der Waals surface area contributed by atoms with Gasteiger partial charge in [0.25, 0.3) is 0 Å². The average molecular weight is 584 g/mol. The molecule has 11 heteroatoms. The second-order valence-electron chi connectivity index (χ2n) is 10.6. The number of ether oxygens (including phenoxy) is 2. The average Bonchev–Trinajstić information content (AvgIpc) is 3.65. The second kappa shape index (κ2) is 15.1. The Bertz CT molecular complexity index is 1250. The fourth-order valence-electron chi connectivity index (χ4n) is 5.45. The van der Waals surface area contributed by atoms with Crippen molar-refractivity contribution in [1.82, 2.24) is 20.3 Å². The first-order valence-electron chi connectivity index (χ1n) is 14.3. The zero-order valence-electron chi connectivity index (χ0n) is 25.0. The summed E-state index contributed by atoms with van der Waals surface area (Å²) in [6.45, 7) is 5.17. The minimum Gasteiger partial charge on any atom is -0.497 e. The number of carbonyl (C=O) groups excluding carboxylic acids is 2. The number of hydrogen-bond acceptors (Lipinski definition) is 9. The number of benzene rings is 2. The molecule has 1 fully saturated rings. The molecule has 0 aliphatic carbocycles. The van der Waals surface area contributed by atoms with Crippen LogP contribution in [0.5, 0.6) is 11.5 Å². The largest absolute Gasteiger partial charge is 0.497 e. The van der Waals surface area contributed by atoms with Crippen LogP contribution in [0.25, 0.3) is 0 Å². The molecule has 0 aromatic heterocycles. The number of halogens is 1. The van der Waals surface area contributed by atoms with Crippen LogP contribution in [0.15, 0.2) is 48.2 Å². The summed E-state index contributed by atoms with van der Waals surface area (Å²) in [5.41, 5.74) is 4.31. The Morgan fingerprint density at radius 2 is 1.83 bits per heavy atom. The number of aldehydes is 1. The van der Waals surface area contributed by atoms with Gasteiger partial charge in [0, 0.05) is 51.9 Å². The molecule has 3 heterocycles. The first-order valence-corrected chi connectivity index (χ1v) is 14.3. The van der Waals surface area contributed by atoms with Crippen LogP contribution in [0.3, 0.4) is 0 Å². The number of rotatable bonds is 10. The minimum atomic E-state index is -0.473. The summed E-state index contributed by atoms with van der Waals surface area (Å²) in [4.78, 5) is 30.7. The smallest absolute Gasteiger partial charge is 0.239 e. The summed E-state index contributed by atoms with van der Waals surface area (Å²) in [6.07, 6.45) is 6.29. The Hall–Kier alpha value is -3.51. The number of hydrazine groups is 1. The van der Waals surface area contributed by atoms with E-state index in [4.69, 9.17) is 14.3 Å². The summed E-state index contributed by atoms with van der Waals surface area (Å²) in [7, 11) is 6.78. The number of amides is 1. The second-order valence-corrected chi connectivity index (χ2v) is 10.6. The number of nitrogens with one attached hydrogen (secondary N) is 1. The molecule has 0 bridgehead atoms. The lowest BCUT2D eigenvalue weighted by Gasteiger charge is -2.33. The van der Waals surface area contributed by atoms with Crippen LogP contribution >= 0.6 is 0 Å². The summed E-state index contributed by atoms with van der Waals surface area (Å²) in [5.74, 6) is 0.891. The van der Waals surface area contributed by atoms with Gasteiger partial charge in [0.15, 0.2) is 0 Å². The third-order valence-corrected chi connectivity index (χ3v) is 7.67. The molecule has 1 atom stereocenters. The van der Waals surface area contributed by atoms with E-state index in [0.717, 1.165) is 41.9 Å². The molecular formula is C31H42FN5O5. The molecule has 0 saturated carbocycles. The monoisotopic (exact) mass is 583 g/mol. The molecule has 3 aliphatic rings. The van der Waals surface area contributed by atoms with E-state index >= 15 is 0 Å². The van der Waals surface area contributed by atoms with Gasteiger partial charge in [-0.15, -0.1) is 0 Å². The van der Waals surface area contributed by atoms with E-state index < -0.39 is 6.04 Å². The SMILES string of the molecule is CNC(=O)C(CCC=O)N1Cc2cc(OC)ccc2CO1.COc1cc(F)cc(N2C=C(CN3CCCC3)CN2C)c1. The number of methoxy groups -OCH3 is 2. The molecule has 2 aromatic carbocycles. The zero-order valence-corrected chi connectivity index (χ0v) is 25.0. The lowest BCUT2D eigenvalue weighted by molar-refractivity contribution is -0.214. The molecular weight excluding hydrogens is 541 g/mol. The van der Waals surface area contributed by atoms with Crippen molar-refractivity contribution in [2.24, 2.45) is 0 Å². The maximum atomic E-state index is 13.7. The van der Waals surface area contributed by atoms with Gasteiger partial charge < -0.3 is 19.6 Å². The molecule has 1 N–H and O–H groups in total. The number of nitrogens with zero attached hydrogens (tertiary/aromatic N) is 4. The molecule has 42 heavy (non-hydrogen) atoms. The highest BCUT2D eigenvalue weighted by Gasteiger charge is 2.29. The van der Waals surface area contributed by atoms with E-state index in [0.29, 0.717) is 31.7 Å². The summed E-state index contributed by atoms with van der Waals surface area (Å²) in [6, 6.07) is 10.1. The Morgan fingerprint density at radius 1 is 1.07 bits per heavy atom. The molecule has 5 rings (SSSR count). The van der Waals surface area contributed by atoms with Crippen molar-refractivity contribution < 1.29 is 28.3 Å². The summed E-state index contributed by atoms with van der Waals surface area (Å²) < 4.78 is 24.0. The van der Waals surface area contributed by atoms with Gasteiger partial charge >= 0.3 is 0 Å².